The number of nitrogens with zero attached hydrogens (tertiary/aromatic N) is 3. The smallest absolute Gasteiger partial charge is 0.268 e. The highest BCUT2D eigenvalue weighted by atomic mass is 16.5. The van der Waals surface area contributed by atoms with Gasteiger partial charge in [0.2, 0.25) is 5.91 Å². The lowest BCUT2D eigenvalue weighted by Gasteiger charge is -2.50. The number of piperazine rings is 1. The average Bonchev–Trinajstić information content (AvgIpc) is 3.11. The Balaban J connectivity index is 1.44. The van der Waals surface area contributed by atoms with Gasteiger partial charge >= 0.3 is 0 Å². The van der Waals surface area contributed by atoms with Crippen LogP contribution in [0.1, 0.15) is 38.2 Å². The topological polar surface area (TPSA) is 86.3 Å². The van der Waals surface area contributed by atoms with Crippen LogP contribution >= 0.6 is 0 Å². The quantitative estimate of drug-likeness (QED) is 0.791. The minimum atomic E-state index is -0.485. The first-order valence-corrected chi connectivity index (χ1v) is 9.87. The first-order chi connectivity index (χ1) is 13.6. The Morgan fingerprint density at radius 2 is 2.04 bits per heavy atom. The summed E-state index contributed by atoms with van der Waals surface area (Å²) >= 11 is 0. The highest BCUT2D eigenvalue weighted by Crippen LogP contribution is 2.34. The van der Waals surface area contributed by atoms with E-state index < -0.39 is 6.17 Å². The van der Waals surface area contributed by atoms with Crippen LogP contribution in [-0.2, 0) is 16.1 Å². The van der Waals surface area contributed by atoms with E-state index in [2.05, 4.69) is 20.7 Å². The van der Waals surface area contributed by atoms with Crippen LogP contribution in [0.2, 0.25) is 0 Å². The van der Waals surface area contributed by atoms with Crippen LogP contribution in [-0.4, -0.2) is 59.4 Å². The summed E-state index contributed by atoms with van der Waals surface area (Å²) in [6.07, 6.45) is 3.67. The van der Waals surface area contributed by atoms with Gasteiger partial charge in [-0.05, 0) is 25.8 Å². The molecule has 1 saturated carbocycles. The molecular weight excluding hydrogens is 358 g/mol. The van der Waals surface area contributed by atoms with Crippen molar-refractivity contribution in [1.82, 2.24) is 20.5 Å². The van der Waals surface area contributed by atoms with Crippen molar-refractivity contribution < 1.29 is 14.3 Å². The molecule has 2 heterocycles. The van der Waals surface area contributed by atoms with E-state index in [1.54, 1.807) is 12.0 Å². The third-order valence-corrected chi connectivity index (χ3v) is 5.95. The maximum atomic E-state index is 13.1. The first-order valence-electron chi connectivity index (χ1n) is 9.87. The van der Waals surface area contributed by atoms with Crippen LogP contribution in [0.25, 0.3) is 0 Å². The lowest BCUT2D eigenvalue weighted by Crippen LogP contribution is -2.69. The lowest BCUT2D eigenvalue weighted by molar-refractivity contribution is -0.152. The molecule has 4 rings (SSSR count). The summed E-state index contributed by atoms with van der Waals surface area (Å²) < 4.78 is 5.33. The summed E-state index contributed by atoms with van der Waals surface area (Å²) in [5.74, 6) is 1.36. The van der Waals surface area contributed by atoms with Gasteiger partial charge in [0.05, 0.1) is 19.2 Å². The van der Waals surface area contributed by atoms with Crippen molar-refractivity contribution >= 4 is 17.6 Å². The molecule has 0 aromatic heterocycles. The summed E-state index contributed by atoms with van der Waals surface area (Å²) in [4.78, 5) is 29.6. The number of methoxy groups -OCH3 is 1. The van der Waals surface area contributed by atoms with Gasteiger partial charge in [0, 0.05) is 12.1 Å². The molecule has 0 bridgehead atoms. The predicted octanol–water partition coefficient (Wildman–Crippen LogP) is 1.03. The maximum absolute atomic E-state index is 13.1. The molecule has 8 nitrogen and oxygen atoms in total. The van der Waals surface area contributed by atoms with Gasteiger partial charge in [0.1, 0.15) is 18.1 Å². The van der Waals surface area contributed by atoms with Gasteiger partial charge in [-0.3, -0.25) is 15.0 Å². The Hall–Kier alpha value is -2.77. The van der Waals surface area contributed by atoms with Gasteiger partial charge in [-0.15, -0.1) is 0 Å². The summed E-state index contributed by atoms with van der Waals surface area (Å²) in [6.45, 7) is 2.37. The minimum absolute atomic E-state index is 0.0551. The van der Waals surface area contributed by atoms with Gasteiger partial charge in [0.25, 0.3) is 5.91 Å². The van der Waals surface area contributed by atoms with Crippen LogP contribution in [0, 0.1) is 0 Å². The molecule has 1 aromatic carbocycles. The van der Waals surface area contributed by atoms with E-state index in [1.807, 2.05) is 31.2 Å². The molecule has 28 heavy (non-hydrogen) atoms. The average molecular weight is 385 g/mol. The van der Waals surface area contributed by atoms with Crippen molar-refractivity contribution in [3.8, 4) is 5.75 Å². The normalized spacial score (nSPS) is 26.1. The number of carbonyl (C=O) groups excluding carboxylic acids is 2. The van der Waals surface area contributed by atoms with E-state index >= 15 is 0 Å². The van der Waals surface area contributed by atoms with Gasteiger partial charge < -0.3 is 19.9 Å². The Kier molecular flexibility index (Phi) is 5.11. The number of ether oxygens (including phenoxy) is 1. The van der Waals surface area contributed by atoms with Gasteiger partial charge in [0.15, 0.2) is 6.17 Å². The van der Waals surface area contributed by atoms with E-state index in [1.165, 1.54) is 0 Å². The Labute approximate surface area is 164 Å². The molecule has 2 amide bonds. The predicted molar refractivity (Wildman–Crippen MR) is 104 cm³/mol. The van der Waals surface area contributed by atoms with Gasteiger partial charge in [-0.25, -0.2) is 0 Å². The van der Waals surface area contributed by atoms with Crippen molar-refractivity contribution in [3.63, 3.8) is 0 Å². The van der Waals surface area contributed by atoms with Crippen molar-refractivity contribution in [2.45, 2.75) is 57.4 Å². The Morgan fingerprint density at radius 3 is 2.82 bits per heavy atom. The Morgan fingerprint density at radius 1 is 1.29 bits per heavy atom. The van der Waals surface area contributed by atoms with E-state index in [4.69, 9.17) is 4.74 Å². The fourth-order valence-electron chi connectivity index (χ4n) is 4.62. The molecule has 2 N–H and O–H groups in total. The SMILES string of the molecule is COc1ccccc1CNC(=O)CN1C(=O)C2NN=C(C)N2C2CCCCC21. The number of para-hydroxylation sites is 1. The molecule has 150 valence electrons. The number of hydrazone groups is 1. The number of carbonyl (C=O) groups is 2. The number of fused-ring (bicyclic) bond motifs is 3. The third kappa shape index (κ3) is 3.27. The summed E-state index contributed by atoms with van der Waals surface area (Å²) in [5, 5.41) is 7.19. The molecule has 1 aliphatic carbocycles. The second kappa shape index (κ2) is 7.69. The molecule has 2 aliphatic heterocycles. The van der Waals surface area contributed by atoms with Gasteiger partial charge in [-0.2, -0.15) is 5.10 Å². The molecule has 0 spiro atoms. The standard InChI is InChI=1S/C20H27N5O3/c1-13-22-23-19-20(27)24(15-8-4-5-9-16(15)25(13)19)12-18(26)21-11-14-7-3-6-10-17(14)28-2/h3,6-7,10,15-16,19,23H,4-5,8-9,11-12H2,1-2H3,(H,21,26). The molecule has 3 unspecified atom stereocenters. The monoisotopic (exact) mass is 385 g/mol. The van der Waals surface area contributed by atoms with Crippen molar-refractivity contribution in [2.24, 2.45) is 5.10 Å². The lowest BCUT2D eigenvalue weighted by atomic mass is 9.85. The number of amides is 2. The fraction of sp³-hybridized carbons (Fsp3) is 0.550. The first kappa shape index (κ1) is 18.6. The molecule has 1 saturated heterocycles. The molecular formula is C20H27N5O3. The number of hydrogen-bond acceptors (Lipinski definition) is 6. The van der Waals surface area contributed by atoms with E-state index in [-0.39, 0.29) is 30.4 Å². The van der Waals surface area contributed by atoms with Crippen molar-refractivity contribution in [3.05, 3.63) is 29.8 Å². The molecule has 3 atom stereocenters. The van der Waals surface area contributed by atoms with E-state index in [9.17, 15) is 9.59 Å². The van der Waals surface area contributed by atoms with Crippen LogP contribution in [0.3, 0.4) is 0 Å². The molecule has 0 radical (unpaired) electrons. The zero-order chi connectivity index (χ0) is 19.7. The van der Waals surface area contributed by atoms with E-state index in [0.29, 0.717) is 6.54 Å². The van der Waals surface area contributed by atoms with Crippen LogP contribution < -0.4 is 15.5 Å². The number of benzene rings is 1. The zero-order valence-electron chi connectivity index (χ0n) is 16.4. The number of rotatable bonds is 5. The molecule has 1 aromatic rings. The number of amidine groups is 1. The van der Waals surface area contributed by atoms with Crippen molar-refractivity contribution in [1.29, 1.82) is 0 Å². The zero-order valence-corrected chi connectivity index (χ0v) is 16.4. The second-order valence-electron chi connectivity index (χ2n) is 7.57. The molecule has 8 heteroatoms. The second-order valence-corrected chi connectivity index (χ2v) is 7.57. The van der Waals surface area contributed by atoms with Crippen LogP contribution in [0.4, 0.5) is 0 Å². The van der Waals surface area contributed by atoms with Gasteiger partial charge in [-0.1, -0.05) is 31.0 Å². The third-order valence-electron chi connectivity index (χ3n) is 5.95. The van der Waals surface area contributed by atoms with E-state index in [0.717, 1.165) is 42.8 Å². The maximum Gasteiger partial charge on any atom is 0.268 e. The number of hydrogen-bond donors (Lipinski definition) is 2. The summed E-state index contributed by atoms with van der Waals surface area (Å²) in [5.41, 5.74) is 3.85. The number of nitrogens with one attached hydrogen (secondary N) is 2. The summed E-state index contributed by atoms with van der Waals surface area (Å²) in [7, 11) is 1.61. The van der Waals surface area contributed by atoms with Crippen LogP contribution in [0.5, 0.6) is 5.75 Å². The highest BCUT2D eigenvalue weighted by molar-refractivity contribution is 5.94. The van der Waals surface area contributed by atoms with Crippen LogP contribution in [0.15, 0.2) is 29.4 Å². The fourth-order valence-corrected chi connectivity index (χ4v) is 4.62. The molecule has 2 fully saturated rings. The van der Waals surface area contributed by atoms with Crippen molar-refractivity contribution in [2.75, 3.05) is 13.7 Å². The highest BCUT2D eigenvalue weighted by Gasteiger charge is 2.50. The Bertz CT molecular complexity index is 796. The summed E-state index contributed by atoms with van der Waals surface area (Å²) in [6, 6.07) is 7.86. The largest absolute Gasteiger partial charge is 0.496 e. The minimum Gasteiger partial charge on any atom is -0.496 e. The molecule has 3 aliphatic rings.